The highest BCUT2D eigenvalue weighted by molar-refractivity contribution is 4.90. The molecule has 2 aliphatic carbocycles. The van der Waals surface area contributed by atoms with E-state index in [2.05, 4.69) is 18.9 Å². The average Bonchev–Trinajstić information content (AvgIpc) is 3.01. The minimum Gasteiger partial charge on any atom is -0.330 e. The zero-order valence-electron chi connectivity index (χ0n) is 13.8. The summed E-state index contributed by atoms with van der Waals surface area (Å²) in [7, 11) is 2.34. The molecule has 2 N–H and O–H groups in total. The zero-order chi connectivity index (χ0) is 14.4. The summed E-state index contributed by atoms with van der Waals surface area (Å²) in [6, 6.07) is 0. The van der Waals surface area contributed by atoms with E-state index in [9.17, 15) is 0 Å². The van der Waals surface area contributed by atoms with E-state index in [0.717, 1.165) is 30.2 Å². The number of rotatable bonds is 10. The molecule has 4 atom stereocenters. The molecule has 4 unspecified atom stereocenters. The van der Waals surface area contributed by atoms with Crippen LogP contribution in [0.25, 0.3) is 0 Å². The van der Waals surface area contributed by atoms with Gasteiger partial charge in [-0.2, -0.15) is 0 Å². The molecular formula is C18H36N2. The second-order valence-corrected chi connectivity index (χ2v) is 7.57. The van der Waals surface area contributed by atoms with Crippen LogP contribution >= 0.6 is 0 Å². The average molecular weight is 280 g/mol. The highest BCUT2D eigenvalue weighted by Gasteiger charge is 2.39. The van der Waals surface area contributed by atoms with E-state index < -0.39 is 0 Å². The van der Waals surface area contributed by atoms with E-state index in [1.54, 1.807) is 6.42 Å². The largest absolute Gasteiger partial charge is 0.330 e. The number of nitrogens with zero attached hydrogens (tertiary/aromatic N) is 1. The molecule has 2 heteroatoms. The third-order valence-electron chi connectivity index (χ3n) is 5.85. The molecule has 0 aromatic heterocycles. The number of hydrogen-bond donors (Lipinski definition) is 1. The summed E-state index contributed by atoms with van der Waals surface area (Å²) in [6.07, 6.45) is 12.8. The third-order valence-corrected chi connectivity index (χ3v) is 5.85. The Balaban J connectivity index is 1.58. The first-order valence-corrected chi connectivity index (χ1v) is 9.11. The highest BCUT2D eigenvalue weighted by atomic mass is 15.1. The van der Waals surface area contributed by atoms with Crippen LogP contribution in [0.1, 0.15) is 64.7 Å². The fourth-order valence-electron chi connectivity index (χ4n) is 4.82. The van der Waals surface area contributed by atoms with Gasteiger partial charge in [0.15, 0.2) is 0 Å². The second kappa shape index (κ2) is 8.38. The van der Waals surface area contributed by atoms with E-state index in [1.165, 1.54) is 64.5 Å². The van der Waals surface area contributed by atoms with E-state index >= 15 is 0 Å². The van der Waals surface area contributed by atoms with Crippen LogP contribution in [0.15, 0.2) is 0 Å². The van der Waals surface area contributed by atoms with Gasteiger partial charge in [0.25, 0.3) is 0 Å². The highest BCUT2D eigenvalue weighted by Crippen LogP contribution is 2.48. The van der Waals surface area contributed by atoms with Crippen molar-refractivity contribution in [2.24, 2.45) is 29.4 Å². The second-order valence-electron chi connectivity index (χ2n) is 7.57. The standard InChI is InChI=1S/C18H36N2/c1-3-5-15(9-10-19)6-4-11-20(2)14-18-13-16-7-8-17(18)12-16/h15-18H,3-14,19H2,1-2H3. The van der Waals surface area contributed by atoms with Gasteiger partial charge < -0.3 is 10.6 Å². The molecular weight excluding hydrogens is 244 g/mol. The van der Waals surface area contributed by atoms with Crippen LogP contribution in [-0.2, 0) is 0 Å². The Kier molecular flexibility index (Phi) is 6.83. The summed E-state index contributed by atoms with van der Waals surface area (Å²) in [5.41, 5.74) is 5.72. The molecule has 20 heavy (non-hydrogen) atoms. The molecule has 0 aromatic carbocycles. The van der Waals surface area contributed by atoms with Crippen LogP contribution in [0.3, 0.4) is 0 Å². The lowest BCUT2D eigenvalue weighted by Crippen LogP contribution is -2.29. The van der Waals surface area contributed by atoms with Gasteiger partial charge in [0.05, 0.1) is 0 Å². The summed E-state index contributed by atoms with van der Waals surface area (Å²) in [5.74, 6) is 4.07. The molecule has 2 fully saturated rings. The predicted molar refractivity (Wildman–Crippen MR) is 87.7 cm³/mol. The zero-order valence-corrected chi connectivity index (χ0v) is 13.8. The molecule has 0 saturated heterocycles. The van der Waals surface area contributed by atoms with Gasteiger partial charge in [0.1, 0.15) is 0 Å². The van der Waals surface area contributed by atoms with Crippen LogP contribution in [0.4, 0.5) is 0 Å². The van der Waals surface area contributed by atoms with Crippen molar-refractivity contribution in [1.29, 1.82) is 0 Å². The summed E-state index contributed by atoms with van der Waals surface area (Å²) in [6.45, 7) is 5.81. The van der Waals surface area contributed by atoms with Crippen molar-refractivity contribution in [2.45, 2.75) is 64.7 Å². The van der Waals surface area contributed by atoms with Crippen LogP contribution < -0.4 is 5.73 Å². The van der Waals surface area contributed by atoms with Crippen molar-refractivity contribution >= 4 is 0 Å². The minimum absolute atomic E-state index is 0.867. The van der Waals surface area contributed by atoms with Crippen molar-refractivity contribution in [2.75, 3.05) is 26.7 Å². The fraction of sp³-hybridized carbons (Fsp3) is 1.00. The number of nitrogens with two attached hydrogens (primary N) is 1. The topological polar surface area (TPSA) is 29.3 Å². The Morgan fingerprint density at radius 1 is 1.15 bits per heavy atom. The summed E-state index contributed by atoms with van der Waals surface area (Å²) < 4.78 is 0. The van der Waals surface area contributed by atoms with E-state index in [1.807, 2.05) is 0 Å². The normalized spacial score (nSPS) is 30.3. The van der Waals surface area contributed by atoms with Crippen LogP contribution in [0.5, 0.6) is 0 Å². The lowest BCUT2D eigenvalue weighted by atomic mass is 9.88. The lowest BCUT2D eigenvalue weighted by Gasteiger charge is -2.27. The van der Waals surface area contributed by atoms with Crippen LogP contribution in [-0.4, -0.2) is 31.6 Å². The van der Waals surface area contributed by atoms with Gasteiger partial charge in [-0.05, 0) is 82.3 Å². The SMILES string of the molecule is CCCC(CCN)CCCN(C)CC1CC2CCC1C2. The van der Waals surface area contributed by atoms with Gasteiger partial charge in [-0.15, -0.1) is 0 Å². The maximum Gasteiger partial charge on any atom is 0.000936 e. The maximum absolute atomic E-state index is 5.72. The Labute approximate surface area is 126 Å². The molecule has 0 heterocycles. The molecule has 0 spiro atoms. The molecule has 0 aliphatic heterocycles. The molecule has 2 rings (SSSR count). The molecule has 118 valence electrons. The molecule has 2 nitrogen and oxygen atoms in total. The Morgan fingerprint density at radius 3 is 2.60 bits per heavy atom. The Hall–Kier alpha value is -0.0800. The van der Waals surface area contributed by atoms with Gasteiger partial charge in [-0.1, -0.05) is 26.2 Å². The van der Waals surface area contributed by atoms with E-state index in [4.69, 9.17) is 5.73 Å². The predicted octanol–water partition coefficient (Wildman–Crippen LogP) is 3.90. The molecule has 0 aromatic rings. The minimum atomic E-state index is 0.867. The molecule has 0 radical (unpaired) electrons. The molecule has 2 saturated carbocycles. The van der Waals surface area contributed by atoms with Gasteiger partial charge in [-0.25, -0.2) is 0 Å². The molecule has 0 amide bonds. The van der Waals surface area contributed by atoms with Crippen molar-refractivity contribution < 1.29 is 0 Å². The first kappa shape index (κ1) is 16.3. The first-order valence-electron chi connectivity index (χ1n) is 9.11. The van der Waals surface area contributed by atoms with Gasteiger partial charge in [0.2, 0.25) is 0 Å². The summed E-state index contributed by atoms with van der Waals surface area (Å²) in [4.78, 5) is 2.61. The monoisotopic (exact) mass is 280 g/mol. The van der Waals surface area contributed by atoms with Crippen LogP contribution in [0, 0.1) is 23.7 Å². The quantitative estimate of drug-likeness (QED) is 0.657. The third kappa shape index (κ3) is 4.73. The Morgan fingerprint density at radius 2 is 2.00 bits per heavy atom. The lowest BCUT2D eigenvalue weighted by molar-refractivity contribution is 0.213. The van der Waals surface area contributed by atoms with Crippen molar-refractivity contribution in [3.63, 3.8) is 0 Å². The van der Waals surface area contributed by atoms with Gasteiger partial charge in [0, 0.05) is 6.54 Å². The summed E-state index contributed by atoms with van der Waals surface area (Å²) in [5, 5.41) is 0. The van der Waals surface area contributed by atoms with Crippen LogP contribution in [0.2, 0.25) is 0 Å². The van der Waals surface area contributed by atoms with Crippen molar-refractivity contribution in [3.05, 3.63) is 0 Å². The molecule has 2 aliphatic rings. The van der Waals surface area contributed by atoms with E-state index in [-0.39, 0.29) is 0 Å². The van der Waals surface area contributed by atoms with Crippen molar-refractivity contribution in [1.82, 2.24) is 4.90 Å². The van der Waals surface area contributed by atoms with Crippen molar-refractivity contribution in [3.8, 4) is 0 Å². The number of hydrogen-bond acceptors (Lipinski definition) is 2. The fourth-order valence-corrected chi connectivity index (χ4v) is 4.82. The maximum atomic E-state index is 5.72. The van der Waals surface area contributed by atoms with E-state index in [0.29, 0.717) is 0 Å². The summed E-state index contributed by atoms with van der Waals surface area (Å²) >= 11 is 0. The molecule has 2 bridgehead atoms. The Bertz CT molecular complexity index is 260. The van der Waals surface area contributed by atoms with Gasteiger partial charge >= 0.3 is 0 Å². The first-order chi connectivity index (χ1) is 9.72. The number of fused-ring (bicyclic) bond motifs is 2. The van der Waals surface area contributed by atoms with Gasteiger partial charge in [-0.3, -0.25) is 0 Å². The smallest absolute Gasteiger partial charge is 0.000936 e.